The Morgan fingerprint density at radius 2 is 2.09 bits per heavy atom. The maximum absolute atomic E-state index is 12.9. The second kappa shape index (κ2) is 9.25. The lowest BCUT2D eigenvalue weighted by atomic mass is 10.1. The molecule has 34 heavy (non-hydrogen) atoms. The Labute approximate surface area is 204 Å². The van der Waals surface area contributed by atoms with Crippen molar-refractivity contribution >= 4 is 37.6 Å². The number of thioether (sulfide) groups is 1. The van der Waals surface area contributed by atoms with Crippen LogP contribution in [0.15, 0.2) is 42.8 Å². The smallest absolute Gasteiger partial charge is 0.258 e. The van der Waals surface area contributed by atoms with E-state index in [9.17, 15) is 21.9 Å². The van der Waals surface area contributed by atoms with Crippen LogP contribution in [0.25, 0.3) is 0 Å². The van der Waals surface area contributed by atoms with Crippen LogP contribution >= 0.6 is 11.8 Å². The molecular formula is C21H30N4O6S3. The third kappa shape index (κ3) is 5.02. The summed E-state index contributed by atoms with van der Waals surface area (Å²) in [5.41, 5.74) is 1.19. The minimum absolute atomic E-state index is 0.0349. The van der Waals surface area contributed by atoms with Crippen molar-refractivity contribution in [2.24, 2.45) is 4.99 Å². The number of hydrogen-bond donors (Lipinski definition) is 3. The van der Waals surface area contributed by atoms with Crippen molar-refractivity contribution < 1.29 is 26.4 Å². The maximum atomic E-state index is 12.9. The first-order valence-electron chi connectivity index (χ1n) is 11.1. The van der Waals surface area contributed by atoms with Crippen molar-refractivity contribution in [2.75, 3.05) is 12.8 Å². The van der Waals surface area contributed by atoms with Gasteiger partial charge in [-0.2, -0.15) is 4.31 Å². The number of sulfonamides is 2. The average Bonchev–Trinajstić information content (AvgIpc) is 3.25. The van der Waals surface area contributed by atoms with Crippen LogP contribution in [0.1, 0.15) is 63.3 Å². The number of aliphatic hydroxyl groups excluding tert-OH is 1. The lowest BCUT2D eigenvalue weighted by Crippen LogP contribution is -2.36. The fourth-order valence-electron chi connectivity index (χ4n) is 3.71. The summed E-state index contributed by atoms with van der Waals surface area (Å²) in [6, 6.07) is 0.690. The molecule has 3 N–H and O–H groups in total. The highest BCUT2D eigenvalue weighted by molar-refractivity contribution is 8.18. The summed E-state index contributed by atoms with van der Waals surface area (Å²) in [5, 5.41) is 14.7. The van der Waals surface area contributed by atoms with E-state index in [0.29, 0.717) is 12.2 Å². The summed E-state index contributed by atoms with van der Waals surface area (Å²) in [4.78, 5) is 4.58. The number of aliphatic hydroxyl groups is 1. The highest BCUT2D eigenvalue weighted by atomic mass is 32.3. The molecule has 188 valence electrons. The Hall–Kier alpha value is -1.96. The SMILES string of the molecule is CC[C@@H](N=C1NS(=O)(=O)C=C1NC1CSC(S(=O)(=O)N(C)C2CC2)=C1O)c1cc(C(C)C)co1. The molecule has 3 heterocycles. The predicted octanol–water partition coefficient (Wildman–Crippen LogP) is 2.88. The Morgan fingerprint density at radius 3 is 2.68 bits per heavy atom. The molecule has 0 spiro atoms. The first-order valence-corrected chi connectivity index (χ1v) is 15.1. The maximum Gasteiger partial charge on any atom is 0.258 e. The third-order valence-corrected chi connectivity index (χ3v) is 10.7. The monoisotopic (exact) mass is 530 g/mol. The second-order valence-electron chi connectivity index (χ2n) is 8.95. The summed E-state index contributed by atoms with van der Waals surface area (Å²) in [6.07, 6.45) is 3.86. The quantitative estimate of drug-likeness (QED) is 0.443. The van der Waals surface area contributed by atoms with E-state index in [1.807, 2.05) is 26.8 Å². The number of aliphatic imine (C=N–C) groups is 1. The van der Waals surface area contributed by atoms with Gasteiger partial charge in [0.15, 0.2) is 10.1 Å². The van der Waals surface area contributed by atoms with Crippen LogP contribution in [0, 0.1) is 0 Å². The van der Waals surface area contributed by atoms with E-state index in [1.165, 1.54) is 11.4 Å². The van der Waals surface area contributed by atoms with E-state index in [0.717, 1.165) is 35.6 Å². The first kappa shape index (κ1) is 25.1. The standard InChI is InChI=1S/C21H30N4O6S3/c1-5-15(18-8-13(9-31-18)12(2)3)23-20-17(11-33(27,28)24-20)22-16-10-32-21(19(16)26)34(29,30)25(4)14-6-7-14/h8-9,11-12,14-16,22,26H,5-7,10H2,1-4H3,(H,23,24)/t15-,16?/m1/s1. The Balaban J connectivity index is 1.58. The zero-order chi connectivity index (χ0) is 24.8. The minimum atomic E-state index is -3.80. The molecule has 0 saturated heterocycles. The molecular weight excluding hydrogens is 500 g/mol. The van der Waals surface area contributed by atoms with Gasteiger partial charge in [0.05, 0.1) is 23.4 Å². The molecule has 1 aromatic heterocycles. The van der Waals surface area contributed by atoms with Gasteiger partial charge in [-0.3, -0.25) is 9.71 Å². The molecule has 0 bridgehead atoms. The van der Waals surface area contributed by atoms with E-state index in [4.69, 9.17) is 4.42 Å². The molecule has 1 unspecified atom stereocenters. The molecule has 0 aromatic carbocycles. The van der Waals surface area contributed by atoms with Crippen LogP contribution in [0.3, 0.4) is 0 Å². The van der Waals surface area contributed by atoms with Gasteiger partial charge in [0.1, 0.15) is 17.6 Å². The Morgan fingerprint density at radius 1 is 1.38 bits per heavy atom. The van der Waals surface area contributed by atoms with Crippen molar-refractivity contribution in [3.05, 3.63) is 44.8 Å². The topological polar surface area (TPSA) is 141 Å². The normalized spacial score (nSPS) is 24.7. The highest BCUT2D eigenvalue weighted by Gasteiger charge is 2.42. The van der Waals surface area contributed by atoms with Gasteiger partial charge in [-0.25, -0.2) is 16.8 Å². The van der Waals surface area contributed by atoms with Crippen LogP contribution in [0.5, 0.6) is 0 Å². The van der Waals surface area contributed by atoms with Gasteiger partial charge in [-0.05, 0) is 36.8 Å². The van der Waals surface area contributed by atoms with Gasteiger partial charge < -0.3 is 14.8 Å². The molecule has 13 heteroatoms. The van der Waals surface area contributed by atoms with Crippen LogP contribution in [-0.4, -0.2) is 57.0 Å². The molecule has 4 rings (SSSR count). The van der Waals surface area contributed by atoms with Crippen molar-refractivity contribution in [2.45, 2.75) is 64.1 Å². The lowest BCUT2D eigenvalue weighted by Gasteiger charge is -2.17. The zero-order valence-corrected chi connectivity index (χ0v) is 21.9. The second-order valence-corrected chi connectivity index (χ2v) is 13.7. The summed E-state index contributed by atoms with van der Waals surface area (Å²) in [6.45, 7) is 6.02. The molecule has 2 aliphatic heterocycles. The number of furan rings is 1. The van der Waals surface area contributed by atoms with E-state index < -0.39 is 32.1 Å². The summed E-state index contributed by atoms with van der Waals surface area (Å²) >= 11 is 1.03. The first-order chi connectivity index (χ1) is 15.9. The van der Waals surface area contributed by atoms with Gasteiger partial charge in [-0.1, -0.05) is 20.8 Å². The minimum Gasteiger partial charge on any atom is -0.508 e. The average molecular weight is 531 g/mol. The zero-order valence-electron chi connectivity index (χ0n) is 19.5. The van der Waals surface area contributed by atoms with Gasteiger partial charge in [0.25, 0.3) is 20.0 Å². The van der Waals surface area contributed by atoms with Crippen molar-refractivity contribution in [1.82, 2.24) is 14.3 Å². The Kier molecular flexibility index (Phi) is 6.84. The molecule has 1 aromatic rings. The van der Waals surface area contributed by atoms with Crippen molar-refractivity contribution in [3.8, 4) is 0 Å². The predicted molar refractivity (Wildman–Crippen MR) is 132 cm³/mol. The lowest BCUT2D eigenvalue weighted by molar-refractivity contribution is 0.364. The molecule has 0 amide bonds. The molecule has 2 atom stereocenters. The molecule has 1 fully saturated rings. The number of nitrogens with one attached hydrogen (secondary N) is 2. The summed E-state index contributed by atoms with van der Waals surface area (Å²) in [5.74, 6) is 0.917. The number of hydrogen-bond acceptors (Lipinski definition) is 9. The van der Waals surface area contributed by atoms with E-state index >= 15 is 0 Å². The van der Waals surface area contributed by atoms with Crippen LogP contribution < -0.4 is 10.0 Å². The van der Waals surface area contributed by atoms with E-state index in [2.05, 4.69) is 15.0 Å². The molecule has 1 aliphatic carbocycles. The largest absolute Gasteiger partial charge is 0.508 e. The van der Waals surface area contributed by atoms with Crippen molar-refractivity contribution in [3.63, 3.8) is 0 Å². The van der Waals surface area contributed by atoms with Gasteiger partial charge in [-0.15, -0.1) is 11.8 Å². The summed E-state index contributed by atoms with van der Waals surface area (Å²) in [7, 11) is -6.06. The number of nitrogens with zero attached hydrogens (tertiary/aromatic N) is 2. The van der Waals surface area contributed by atoms with E-state index in [1.54, 1.807) is 6.26 Å². The van der Waals surface area contributed by atoms with Crippen LogP contribution in [0.4, 0.5) is 0 Å². The number of amidine groups is 1. The summed E-state index contributed by atoms with van der Waals surface area (Å²) < 4.78 is 59.6. The van der Waals surface area contributed by atoms with Gasteiger partial charge in [0.2, 0.25) is 0 Å². The molecule has 0 radical (unpaired) electrons. The van der Waals surface area contributed by atoms with Crippen LogP contribution in [0.2, 0.25) is 0 Å². The van der Waals surface area contributed by atoms with Gasteiger partial charge in [0, 0.05) is 18.8 Å². The highest BCUT2D eigenvalue weighted by Crippen LogP contribution is 2.39. The fraction of sp³-hybridized carbons (Fsp3) is 0.571. The third-order valence-electron chi connectivity index (χ3n) is 6.00. The van der Waals surface area contributed by atoms with Crippen molar-refractivity contribution in [1.29, 1.82) is 0 Å². The number of rotatable bonds is 9. The fourth-order valence-corrected chi connectivity index (χ4v) is 7.96. The molecule has 3 aliphatic rings. The Bertz CT molecular complexity index is 1260. The molecule has 1 saturated carbocycles. The molecule has 10 nitrogen and oxygen atoms in total. The van der Waals surface area contributed by atoms with Gasteiger partial charge >= 0.3 is 0 Å². The van der Waals surface area contributed by atoms with E-state index in [-0.39, 0.29) is 39.2 Å². The van der Waals surface area contributed by atoms with Crippen LogP contribution in [-0.2, 0) is 20.0 Å².